The first-order valence-electron chi connectivity index (χ1n) is 7.80. The lowest BCUT2D eigenvalue weighted by Crippen LogP contribution is -2.33. The predicted molar refractivity (Wildman–Crippen MR) is 90.8 cm³/mol. The van der Waals surface area contributed by atoms with E-state index in [0.29, 0.717) is 6.04 Å². The van der Waals surface area contributed by atoms with Gasteiger partial charge in [-0.3, -0.25) is 0 Å². The molecular formula is C17H29ClN2. The number of unbranched alkanes of at least 4 members (excludes halogenated alkanes) is 1. The number of rotatable bonds is 8. The van der Waals surface area contributed by atoms with Gasteiger partial charge in [-0.1, -0.05) is 37.9 Å². The summed E-state index contributed by atoms with van der Waals surface area (Å²) in [4.78, 5) is 2.43. The van der Waals surface area contributed by atoms with Gasteiger partial charge in [0.15, 0.2) is 0 Å². The Morgan fingerprint density at radius 3 is 2.45 bits per heavy atom. The van der Waals surface area contributed by atoms with Gasteiger partial charge in [-0.25, -0.2) is 0 Å². The summed E-state index contributed by atoms with van der Waals surface area (Å²) in [5.74, 6) is 0. The van der Waals surface area contributed by atoms with Crippen LogP contribution in [0.25, 0.3) is 0 Å². The monoisotopic (exact) mass is 296 g/mol. The molecule has 20 heavy (non-hydrogen) atoms. The molecule has 1 rings (SSSR count). The highest BCUT2D eigenvalue weighted by molar-refractivity contribution is 6.33. The Balaban J connectivity index is 2.95. The minimum Gasteiger partial charge on any atom is -0.368 e. The van der Waals surface area contributed by atoms with Crippen LogP contribution in [0.15, 0.2) is 18.2 Å². The van der Waals surface area contributed by atoms with Gasteiger partial charge in [-0.15, -0.1) is 0 Å². The summed E-state index contributed by atoms with van der Waals surface area (Å²) in [5.41, 5.74) is 8.23. The van der Waals surface area contributed by atoms with Gasteiger partial charge in [0.2, 0.25) is 0 Å². The van der Waals surface area contributed by atoms with Crippen molar-refractivity contribution < 1.29 is 0 Å². The Labute approximate surface area is 129 Å². The maximum atomic E-state index is 6.51. The van der Waals surface area contributed by atoms with E-state index < -0.39 is 0 Å². The summed E-state index contributed by atoms with van der Waals surface area (Å²) in [6.45, 7) is 9.80. The van der Waals surface area contributed by atoms with E-state index in [-0.39, 0.29) is 6.04 Å². The number of halogens is 1. The van der Waals surface area contributed by atoms with Gasteiger partial charge in [-0.05, 0) is 50.8 Å². The Morgan fingerprint density at radius 1 is 1.25 bits per heavy atom. The topological polar surface area (TPSA) is 29.3 Å². The number of anilines is 1. The summed E-state index contributed by atoms with van der Waals surface area (Å²) in [6, 6.07) is 7.07. The van der Waals surface area contributed by atoms with Crippen LogP contribution in [0.3, 0.4) is 0 Å². The largest absolute Gasteiger partial charge is 0.368 e. The van der Waals surface area contributed by atoms with Crippen molar-refractivity contribution in [1.82, 2.24) is 0 Å². The summed E-state index contributed by atoms with van der Waals surface area (Å²) in [7, 11) is 0. The zero-order valence-electron chi connectivity index (χ0n) is 13.3. The molecule has 3 heteroatoms. The van der Waals surface area contributed by atoms with Gasteiger partial charge in [0.25, 0.3) is 0 Å². The lowest BCUT2D eigenvalue weighted by Gasteiger charge is -2.32. The number of hydrogen-bond acceptors (Lipinski definition) is 2. The Kier molecular flexibility index (Phi) is 7.39. The first-order chi connectivity index (χ1) is 9.49. The molecule has 2 nitrogen and oxygen atoms in total. The number of hydrogen-bond donors (Lipinski definition) is 1. The lowest BCUT2D eigenvalue weighted by molar-refractivity contribution is 0.595. The zero-order chi connectivity index (χ0) is 15.1. The molecular weight excluding hydrogens is 268 g/mol. The number of nitrogens with zero attached hydrogens (tertiary/aromatic N) is 1. The van der Waals surface area contributed by atoms with E-state index in [1.165, 1.54) is 18.4 Å². The fourth-order valence-electron chi connectivity index (χ4n) is 2.41. The van der Waals surface area contributed by atoms with Gasteiger partial charge in [-0.2, -0.15) is 0 Å². The molecule has 0 bridgehead atoms. The van der Waals surface area contributed by atoms with E-state index in [1.54, 1.807) is 0 Å². The van der Waals surface area contributed by atoms with E-state index in [2.05, 4.69) is 43.9 Å². The van der Waals surface area contributed by atoms with Gasteiger partial charge in [0.05, 0.1) is 10.7 Å². The lowest BCUT2D eigenvalue weighted by atomic mass is 10.1. The normalized spacial score (nSPS) is 14.1. The highest BCUT2D eigenvalue weighted by Gasteiger charge is 2.15. The minimum atomic E-state index is 0.169. The molecule has 0 fully saturated rings. The summed E-state index contributed by atoms with van der Waals surface area (Å²) in [5, 5.41) is 0.847. The van der Waals surface area contributed by atoms with Gasteiger partial charge in [0, 0.05) is 18.6 Å². The molecule has 0 saturated carbocycles. The van der Waals surface area contributed by atoms with Crippen LogP contribution in [0.2, 0.25) is 5.02 Å². The fourth-order valence-corrected chi connectivity index (χ4v) is 2.72. The Hall–Kier alpha value is -0.730. The van der Waals surface area contributed by atoms with Crippen molar-refractivity contribution in [3.05, 3.63) is 28.8 Å². The molecule has 0 radical (unpaired) electrons. The quantitative estimate of drug-likeness (QED) is 0.757. The van der Waals surface area contributed by atoms with Crippen molar-refractivity contribution in [1.29, 1.82) is 0 Å². The number of nitrogens with two attached hydrogens (primary N) is 1. The molecule has 0 aliphatic rings. The van der Waals surface area contributed by atoms with Crippen molar-refractivity contribution in [2.75, 3.05) is 11.4 Å². The van der Waals surface area contributed by atoms with Crippen LogP contribution in [-0.2, 0) is 6.42 Å². The van der Waals surface area contributed by atoms with Crippen molar-refractivity contribution in [3.8, 4) is 0 Å². The van der Waals surface area contributed by atoms with Crippen LogP contribution in [0.5, 0.6) is 0 Å². The van der Waals surface area contributed by atoms with Crippen LogP contribution in [-0.4, -0.2) is 18.6 Å². The molecule has 2 atom stereocenters. The van der Waals surface area contributed by atoms with Crippen LogP contribution < -0.4 is 10.6 Å². The highest BCUT2D eigenvalue weighted by Crippen LogP contribution is 2.29. The van der Waals surface area contributed by atoms with Crippen molar-refractivity contribution >= 4 is 17.3 Å². The molecule has 0 aliphatic carbocycles. The molecule has 2 unspecified atom stereocenters. The van der Waals surface area contributed by atoms with Crippen molar-refractivity contribution in [2.45, 2.75) is 65.5 Å². The molecule has 0 aliphatic heterocycles. The molecule has 2 N–H and O–H groups in total. The van der Waals surface area contributed by atoms with E-state index in [9.17, 15) is 0 Å². The van der Waals surface area contributed by atoms with E-state index >= 15 is 0 Å². The van der Waals surface area contributed by atoms with E-state index in [4.69, 9.17) is 17.3 Å². The second-order valence-electron chi connectivity index (χ2n) is 5.77. The fraction of sp³-hybridized carbons (Fsp3) is 0.647. The van der Waals surface area contributed by atoms with Gasteiger partial charge >= 0.3 is 0 Å². The smallest absolute Gasteiger partial charge is 0.0642 e. The standard InChI is InChI=1S/C17H29ClN2/c1-5-7-10-20(14(4)6-2)17-9-8-15(11-13(3)19)12-16(17)18/h8-9,12-14H,5-7,10-11,19H2,1-4H3. The highest BCUT2D eigenvalue weighted by atomic mass is 35.5. The number of benzene rings is 1. The summed E-state index contributed by atoms with van der Waals surface area (Å²) in [6.07, 6.45) is 4.40. The summed E-state index contributed by atoms with van der Waals surface area (Å²) < 4.78 is 0. The minimum absolute atomic E-state index is 0.169. The second-order valence-corrected chi connectivity index (χ2v) is 6.18. The van der Waals surface area contributed by atoms with Crippen molar-refractivity contribution in [2.24, 2.45) is 5.73 Å². The average Bonchev–Trinajstić information content (AvgIpc) is 2.40. The van der Waals surface area contributed by atoms with Gasteiger partial charge < -0.3 is 10.6 Å². The molecule has 0 aromatic heterocycles. The first-order valence-corrected chi connectivity index (χ1v) is 8.18. The molecule has 0 amide bonds. The maximum absolute atomic E-state index is 6.51. The van der Waals surface area contributed by atoms with E-state index in [0.717, 1.165) is 30.1 Å². The Bertz CT molecular complexity index is 404. The molecule has 0 heterocycles. The molecule has 1 aromatic carbocycles. The molecule has 114 valence electrons. The third-order valence-corrected chi connectivity index (χ3v) is 4.06. The SMILES string of the molecule is CCCCN(c1ccc(CC(C)N)cc1Cl)C(C)CC. The first kappa shape index (κ1) is 17.3. The van der Waals surface area contributed by atoms with Gasteiger partial charge in [0.1, 0.15) is 0 Å². The van der Waals surface area contributed by atoms with Crippen molar-refractivity contribution in [3.63, 3.8) is 0 Å². The Morgan fingerprint density at radius 2 is 1.95 bits per heavy atom. The van der Waals surface area contributed by atoms with Crippen LogP contribution in [0, 0.1) is 0 Å². The van der Waals surface area contributed by atoms with Crippen LogP contribution in [0.1, 0.15) is 52.5 Å². The predicted octanol–water partition coefficient (Wildman–Crippen LogP) is 4.63. The third kappa shape index (κ3) is 4.99. The summed E-state index contributed by atoms with van der Waals surface area (Å²) >= 11 is 6.51. The van der Waals surface area contributed by atoms with E-state index in [1.807, 2.05) is 6.92 Å². The van der Waals surface area contributed by atoms with Crippen LogP contribution in [0.4, 0.5) is 5.69 Å². The van der Waals surface area contributed by atoms with Crippen LogP contribution >= 0.6 is 11.6 Å². The molecule has 0 saturated heterocycles. The second kappa shape index (κ2) is 8.53. The third-order valence-electron chi connectivity index (χ3n) is 3.75. The zero-order valence-corrected chi connectivity index (χ0v) is 14.1. The maximum Gasteiger partial charge on any atom is 0.0642 e. The molecule has 1 aromatic rings. The molecule has 0 spiro atoms. The average molecular weight is 297 g/mol.